The van der Waals surface area contributed by atoms with Gasteiger partial charge in [0.2, 0.25) is 0 Å². The van der Waals surface area contributed by atoms with Gasteiger partial charge in [0.25, 0.3) is 0 Å². The van der Waals surface area contributed by atoms with Crippen molar-refractivity contribution in [1.82, 2.24) is 14.4 Å². The summed E-state index contributed by atoms with van der Waals surface area (Å²) in [6.45, 7) is 6.51. The second-order valence-electron chi connectivity index (χ2n) is 11.8. The predicted molar refractivity (Wildman–Crippen MR) is 195 cm³/mol. The number of para-hydroxylation sites is 4. The summed E-state index contributed by atoms with van der Waals surface area (Å²) in [5.41, 5.74) is 11.6. The first kappa shape index (κ1) is 31.6. The molecule has 0 spiro atoms. The molecule has 0 fully saturated rings. The van der Waals surface area contributed by atoms with Crippen LogP contribution in [-0.2, 0) is 32.9 Å². The average molecular weight is 801 g/mol. The molecule has 0 unspecified atom stereocenters. The van der Waals surface area contributed by atoms with Crippen molar-refractivity contribution in [2.24, 2.45) is 0 Å². The van der Waals surface area contributed by atoms with E-state index >= 15 is 0 Å². The maximum Gasteiger partial charge on any atom is 3.00 e. The minimum atomic E-state index is 0. The number of benzene rings is 5. The van der Waals surface area contributed by atoms with E-state index in [2.05, 4.69) is 133 Å². The van der Waals surface area contributed by atoms with Gasteiger partial charge < -0.3 is 14.2 Å². The smallest absolute Gasteiger partial charge is 0.504 e. The number of hydrogen-bond donors (Lipinski definition) is 0. The third kappa shape index (κ3) is 5.32. The number of hydrogen-bond acceptors (Lipinski definition) is 4. The van der Waals surface area contributed by atoms with E-state index in [1.165, 1.54) is 28.1 Å². The van der Waals surface area contributed by atoms with Crippen molar-refractivity contribution in [1.29, 1.82) is 0 Å². The largest absolute Gasteiger partial charge is 3.00 e. The molecule has 0 aliphatic carbocycles. The summed E-state index contributed by atoms with van der Waals surface area (Å²) in [5.74, 6) is 0. The standard InChI is InChI=1S/C28H22N3.C14H12N2.Ir/c1-3-18-10-9-11-19(4-2)26(18)25-17-31-27-22-14-7-8-15-24(22)29-16-23(27)20-12-5-6-13-21(20)28(31)30-25;1-15-11-16(12-7-3-2-4-8-12)14-10-6-5-9-13(14)15;/h5-12,14-17H,3-4H2,1-2H3;2-7,9-11H,1H3;/q-1;-2;+3. The van der Waals surface area contributed by atoms with Crippen LogP contribution < -0.4 is 9.80 Å². The molecule has 0 atom stereocenters. The molecule has 0 saturated carbocycles. The maximum absolute atomic E-state index is 5.20. The van der Waals surface area contributed by atoms with Crippen molar-refractivity contribution >= 4 is 55.3 Å². The molecule has 9 rings (SSSR count). The third-order valence-corrected chi connectivity index (χ3v) is 9.08. The molecule has 0 saturated heterocycles. The number of pyridine rings is 2. The average Bonchev–Trinajstić information content (AvgIpc) is 3.73. The molecule has 0 amide bonds. The fraction of sp³-hybridized carbons (Fsp3) is 0.119. The fourth-order valence-electron chi connectivity index (χ4n) is 6.84. The zero-order valence-corrected chi connectivity index (χ0v) is 29.5. The molecule has 3 aromatic heterocycles. The van der Waals surface area contributed by atoms with Crippen LogP contribution in [0.5, 0.6) is 0 Å². The second-order valence-corrected chi connectivity index (χ2v) is 11.8. The molecule has 4 heterocycles. The molecule has 0 radical (unpaired) electrons. The quantitative estimate of drug-likeness (QED) is 0.131. The maximum atomic E-state index is 5.20. The van der Waals surface area contributed by atoms with Crippen molar-refractivity contribution in [3.8, 4) is 11.3 Å². The molecule has 0 bridgehead atoms. The summed E-state index contributed by atoms with van der Waals surface area (Å²) in [6.07, 6.45) is 6.16. The van der Waals surface area contributed by atoms with Gasteiger partial charge in [-0.3, -0.25) is 9.97 Å². The van der Waals surface area contributed by atoms with Crippen LogP contribution in [0.2, 0.25) is 0 Å². The van der Waals surface area contributed by atoms with Gasteiger partial charge in [0, 0.05) is 40.2 Å². The Kier molecular flexibility index (Phi) is 8.70. The summed E-state index contributed by atoms with van der Waals surface area (Å²) >= 11 is 0. The normalized spacial score (nSPS) is 12.3. The molecule has 1 aliphatic heterocycles. The Bertz CT molecular complexity index is 2370. The van der Waals surface area contributed by atoms with E-state index in [1.807, 2.05) is 42.6 Å². The van der Waals surface area contributed by atoms with E-state index in [9.17, 15) is 0 Å². The first-order chi connectivity index (χ1) is 23.2. The minimum absolute atomic E-state index is 0. The van der Waals surface area contributed by atoms with Crippen LogP contribution in [0.15, 0.2) is 122 Å². The van der Waals surface area contributed by atoms with Crippen LogP contribution in [0.4, 0.5) is 17.1 Å². The molecular weight excluding hydrogens is 767 g/mol. The van der Waals surface area contributed by atoms with E-state index in [1.54, 1.807) is 0 Å². The van der Waals surface area contributed by atoms with Gasteiger partial charge in [0.1, 0.15) is 0 Å². The van der Waals surface area contributed by atoms with Crippen molar-refractivity contribution in [3.05, 3.63) is 152 Å². The summed E-state index contributed by atoms with van der Waals surface area (Å²) in [5, 5.41) is 4.44. The number of rotatable bonds is 4. The molecular formula is C42H34IrN5. The number of aromatic nitrogens is 3. The monoisotopic (exact) mass is 801 g/mol. The molecule has 8 aromatic rings. The van der Waals surface area contributed by atoms with Gasteiger partial charge in [-0.1, -0.05) is 67.8 Å². The molecule has 5 aromatic carbocycles. The summed E-state index contributed by atoms with van der Waals surface area (Å²) in [6, 6.07) is 44.2. The molecule has 236 valence electrons. The van der Waals surface area contributed by atoms with Crippen LogP contribution >= 0.6 is 0 Å². The van der Waals surface area contributed by atoms with E-state index in [4.69, 9.17) is 9.97 Å². The Hall–Kier alpha value is -5.03. The number of imidazole rings is 1. The van der Waals surface area contributed by atoms with Crippen molar-refractivity contribution < 1.29 is 20.1 Å². The molecule has 6 heteroatoms. The topological polar surface area (TPSA) is 36.7 Å². The van der Waals surface area contributed by atoms with Gasteiger partial charge in [-0.05, 0) is 54.6 Å². The molecule has 1 aliphatic rings. The van der Waals surface area contributed by atoms with Gasteiger partial charge in [0.15, 0.2) is 0 Å². The van der Waals surface area contributed by atoms with Gasteiger partial charge in [-0.25, -0.2) is 0 Å². The Labute approximate surface area is 294 Å². The Morgan fingerprint density at radius 2 is 1.42 bits per heavy atom. The molecule has 0 N–H and O–H groups in total. The first-order valence-electron chi connectivity index (χ1n) is 16.2. The summed E-state index contributed by atoms with van der Waals surface area (Å²) in [4.78, 5) is 14.2. The molecule has 48 heavy (non-hydrogen) atoms. The van der Waals surface area contributed by atoms with Crippen LogP contribution in [0.25, 0.3) is 49.5 Å². The zero-order valence-electron chi connectivity index (χ0n) is 27.1. The van der Waals surface area contributed by atoms with E-state index in [-0.39, 0.29) is 20.1 Å². The number of fused-ring (bicyclic) bond motifs is 9. The Balaban J connectivity index is 0.000000181. The number of anilines is 3. The van der Waals surface area contributed by atoms with E-state index in [0.29, 0.717) is 0 Å². The van der Waals surface area contributed by atoms with Crippen LogP contribution in [0.3, 0.4) is 0 Å². The summed E-state index contributed by atoms with van der Waals surface area (Å²) < 4.78 is 2.25. The van der Waals surface area contributed by atoms with Gasteiger partial charge in [-0.15, -0.1) is 35.3 Å². The van der Waals surface area contributed by atoms with E-state index in [0.717, 1.165) is 62.4 Å². The van der Waals surface area contributed by atoms with Crippen molar-refractivity contribution in [2.75, 3.05) is 16.8 Å². The first-order valence-corrected chi connectivity index (χ1v) is 16.2. The Morgan fingerprint density at radius 1 is 0.708 bits per heavy atom. The third-order valence-electron chi connectivity index (χ3n) is 9.08. The number of nitrogens with zero attached hydrogens (tertiary/aromatic N) is 5. The van der Waals surface area contributed by atoms with Gasteiger partial charge in [-0.2, -0.15) is 37.0 Å². The molecule has 5 nitrogen and oxygen atoms in total. The zero-order chi connectivity index (χ0) is 31.9. The second kappa shape index (κ2) is 13.2. The van der Waals surface area contributed by atoms with Crippen LogP contribution in [-0.4, -0.2) is 21.4 Å². The minimum Gasteiger partial charge on any atom is -0.504 e. The van der Waals surface area contributed by atoms with Crippen LogP contribution in [0, 0.1) is 18.8 Å². The SMILES string of the molecule is CCc1cccc(CC)c1-c1cn2c(n1)c1[c-]cccc1c1cnc3ccccc3c12.CN1[CH-]N(c2[c-]cccc2)c2ccccc21.[Ir+3]. The number of aryl methyl sites for hydroxylation is 2. The van der Waals surface area contributed by atoms with E-state index < -0.39 is 0 Å². The fourth-order valence-corrected chi connectivity index (χ4v) is 6.84. The summed E-state index contributed by atoms with van der Waals surface area (Å²) in [7, 11) is 2.06. The van der Waals surface area contributed by atoms with Gasteiger partial charge >= 0.3 is 20.1 Å². The van der Waals surface area contributed by atoms with Crippen LogP contribution in [0.1, 0.15) is 25.0 Å². The Morgan fingerprint density at radius 3 is 2.19 bits per heavy atom. The predicted octanol–water partition coefficient (Wildman–Crippen LogP) is 9.97. The van der Waals surface area contributed by atoms with Crippen molar-refractivity contribution in [3.63, 3.8) is 0 Å². The van der Waals surface area contributed by atoms with Gasteiger partial charge in [0.05, 0.1) is 16.9 Å². The van der Waals surface area contributed by atoms with Crippen molar-refractivity contribution in [2.45, 2.75) is 26.7 Å².